The quantitative estimate of drug-likeness (QED) is 0.0235. The molecule has 0 rings (SSSR count). The molecule has 0 bridgehead atoms. The highest BCUT2D eigenvalue weighted by atomic mass is 79.9. The monoisotopic (exact) mass is 1170 g/mol. The van der Waals surface area contributed by atoms with E-state index in [1.54, 1.807) is 0 Å². The van der Waals surface area contributed by atoms with E-state index in [-0.39, 0.29) is 55.9 Å². The number of hydrogen-bond donors (Lipinski definition) is 3. The Hall–Kier alpha value is -0.270. The van der Waals surface area contributed by atoms with E-state index in [1.807, 2.05) is 0 Å². The number of rotatable bonds is 53. The number of esters is 3. The van der Waals surface area contributed by atoms with E-state index >= 15 is 0 Å². The van der Waals surface area contributed by atoms with E-state index in [0.29, 0.717) is 33.7 Å². The number of carbonyl (C=O) groups is 3. The minimum absolute atomic E-state index is 0.131. The van der Waals surface area contributed by atoms with Crippen LogP contribution in [-0.2, 0) is 28.6 Å². The first-order chi connectivity index (χ1) is 33.4. The van der Waals surface area contributed by atoms with Gasteiger partial charge in [-0.25, -0.2) is 0 Å². The van der Waals surface area contributed by atoms with Gasteiger partial charge in [0.2, 0.25) is 0 Å². The third kappa shape index (κ3) is 49.7. The fourth-order valence-electron chi connectivity index (χ4n) is 8.78. The second-order valence-electron chi connectivity index (χ2n) is 20.4. The molecule has 0 aromatic heterocycles. The Kier molecular flexibility index (Phi) is 51.0. The molecule has 69 heavy (non-hydrogen) atoms. The number of aliphatic hydroxyl groups excluding tert-OH is 3. The zero-order chi connectivity index (χ0) is 51.0. The summed E-state index contributed by atoms with van der Waals surface area (Å²) in [5.74, 6) is -1.03. The highest BCUT2D eigenvalue weighted by Crippen LogP contribution is 2.23. The molecule has 0 heterocycles. The van der Waals surface area contributed by atoms with Crippen LogP contribution in [0.1, 0.15) is 290 Å². The van der Waals surface area contributed by atoms with Crippen LogP contribution in [0.4, 0.5) is 0 Å². The molecular formula is C57H107Br3O9. The van der Waals surface area contributed by atoms with Crippen molar-refractivity contribution in [2.45, 2.75) is 329 Å². The minimum atomic E-state index is -0.838. The average molecular weight is 1180 g/mol. The first kappa shape index (κ1) is 68.7. The van der Waals surface area contributed by atoms with Gasteiger partial charge < -0.3 is 29.5 Å². The molecule has 6 atom stereocenters. The first-order valence-corrected chi connectivity index (χ1v) is 31.6. The standard InChI is InChI=1S/C57H107Br3O9/c1-4-7-10-25-34-51(61)43-40-48(58)31-22-16-13-19-28-37-55(64)67-46-54(69-57(66)39-30-21-15-18-24-33-50(60)42-45-53(63)36-27-12-9-6-3)47-68-56(65)38-29-20-14-17-23-32-49(59)41-44-52(62)35-26-11-8-5-2/h48-54,61-63H,4-47H2,1-3H3. The summed E-state index contributed by atoms with van der Waals surface area (Å²) in [7, 11) is 0. The Balaban J connectivity index is 4.58. The molecule has 0 spiro atoms. The molecule has 0 aliphatic rings. The van der Waals surface area contributed by atoms with Crippen LogP contribution in [0, 0.1) is 0 Å². The Bertz CT molecular complexity index is 1090. The molecule has 410 valence electrons. The minimum Gasteiger partial charge on any atom is -0.462 e. The lowest BCUT2D eigenvalue weighted by Crippen LogP contribution is -2.30. The van der Waals surface area contributed by atoms with Crippen LogP contribution in [0.2, 0.25) is 0 Å². The normalized spacial score (nSPS) is 14.7. The van der Waals surface area contributed by atoms with Gasteiger partial charge in [0.05, 0.1) is 18.3 Å². The van der Waals surface area contributed by atoms with Gasteiger partial charge in [0.15, 0.2) is 6.10 Å². The molecule has 0 saturated heterocycles. The molecule has 0 saturated carbocycles. The van der Waals surface area contributed by atoms with Crippen molar-refractivity contribution in [1.29, 1.82) is 0 Å². The second kappa shape index (κ2) is 51.2. The molecule has 0 aliphatic heterocycles. The van der Waals surface area contributed by atoms with E-state index in [4.69, 9.17) is 14.2 Å². The summed E-state index contributed by atoms with van der Waals surface area (Å²) in [5, 5.41) is 30.8. The van der Waals surface area contributed by atoms with Crippen molar-refractivity contribution in [3.05, 3.63) is 0 Å². The van der Waals surface area contributed by atoms with E-state index in [2.05, 4.69) is 68.6 Å². The van der Waals surface area contributed by atoms with Crippen molar-refractivity contribution in [1.82, 2.24) is 0 Å². The lowest BCUT2D eigenvalue weighted by atomic mass is 10.0. The van der Waals surface area contributed by atoms with Gasteiger partial charge in [-0.1, -0.05) is 223 Å². The van der Waals surface area contributed by atoms with Crippen LogP contribution >= 0.6 is 47.8 Å². The molecule has 0 amide bonds. The summed E-state index contributed by atoms with van der Waals surface area (Å²) in [6.07, 6.45) is 40.0. The molecule has 0 fully saturated rings. The van der Waals surface area contributed by atoms with Crippen LogP contribution in [0.25, 0.3) is 0 Å². The third-order valence-electron chi connectivity index (χ3n) is 13.5. The van der Waals surface area contributed by atoms with Crippen molar-refractivity contribution in [3.63, 3.8) is 0 Å². The predicted octanol–water partition coefficient (Wildman–Crippen LogP) is 16.8. The zero-order valence-corrected chi connectivity index (χ0v) is 49.3. The number of alkyl halides is 3. The molecule has 0 aliphatic carbocycles. The fourth-order valence-corrected chi connectivity index (χ4v) is 10.5. The second-order valence-corrected chi connectivity index (χ2v) is 24.3. The van der Waals surface area contributed by atoms with Crippen molar-refractivity contribution in [3.8, 4) is 0 Å². The van der Waals surface area contributed by atoms with Crippen LogP contribution in [0.5, 0.6) is 0 Å². The van der Waals surface area contributed by atoms with Crippen molar-refractivity contribution in [2.75, 3.05) is 13.2 Å². The van der Waals surface area contributed by atoms with Gasteiger partial charge >= 0.3 is 17.9 Å². The van der Waals surface area contributed by atoms with Gasteiger partial charge in [-0.3, -0.25) is 14.4 Å². The fraction of sp³-hybridized carbons (Fsp3) is 0.947. The smallest absolute Gasteiger partial charge is 0.306 e. The SMILES string of the molecule is CCCCCCC(O)CCC(Br)CCCCCCCC(=O)OCC(COC(=O)CCCCCCCC(Br)CCC(O)CCCCCC)OC(=O)CCCCCCCC(Br)CCC(O)CCCCCC. The van der Waals surface area contributed by atoms with Gasteiger partial charge in [0, 0.05) is 33.7 Å². The summed E-state index contributed by atoms with van der Waals surface area (Å²) in [6.45, 7) is 6.35. The molecule has 6 unspecified atom stereocenters. The maximum atomic E-state index is 12.9. The highest BCUT2D eigenvalue weighted by molar-refractivity contribution is 9.10. The summed E-state index contributed by atoms with van der Waals surface area (Å²) in [4.78, 5) is 39.6. The summed E-state index contributed by atoms with van der Waals surface area (Å²) in [6, 6.07) is 0. The number of hydrogen-bond acceptors (Lipinski definition) is 9. The third-order valence-corrected chi connectivity index (χ3v) is 16.2. The van der Waals surface area contributed by atoms with Gasteiger partial charge in [-0.05, 0) is 96.3 Å². The highest BCUT2D eigenvalue weighted by Gasteiger charge is 2.20. The van der Waals surface area contributed by atoms with Crippen molar-refractivity contribution < 1.29 is 43.9 Å². The van der Waals surface area contributed by atoms with Gasteiger partial charge in [-0.2, -0.15) is 0 Å². The lowest BCUT2D eigenvalue weighted by Gasteiger charge is -2.18. The number of aliphatic hydroxyl groups is 3. The zero-order valence-electron chi connectivity index (χ0n) is 44.6. The van der Waals surface area contributed by atoms with E-state index in [9.17, 15) is 29.7 Å². The van der Waals surface area contributed by atoms with Gasteiger partial charge in [0.25, 0.3) is 0 Å². The van der Waals surface area contributed by atoms with Crippen molar-refractivity contribution >= 4 is 65.7 Å². The molecule has 0 aromatic carbocycles. The summed E-state index contributed by atoms with van der Waals surface area (Å²) in [5.41, 5.74) is 0. The molecule has 0 aromatic rings. The molecule has 12 heteroatoms. The molecular weight excluding hydrogens is 1070 g/mol. The van der Waals surface area contributed by atoms with Crippen LogP contribution in [-0.4, -0.2) is 85.3 Å². The Morgan fingerprint density at radius 2 is 0.594 bits per heavy atom. The average Bonchev–Trinajstić information content (AvgIpc) is 3.33. The maximum Gasteiger partial charge on any atom is 0.306 e. The molecule has 3 N–H and O–H groups in total. The largest absolute Gasteiger partial charge is 0.462 e. The Morgan fingerprint density at radius 1 is 0.333 bits per heavy atom. The first-order valence-electron chi connectivity index (χ1n) is 28.9. The van der Waals surface area contributed by atoms with E-state index in [1.165, 1.54) is 57.8 Å². The van der Waals surface area contributed by atoms with Gasteiger partial charge in [0.1, 0.15) is 13.2 Å². The molecule has 9 nitrogen and oxygen atoms in total. The van der Waals surface area contributed by atoms with E-state index < -0.39 is 6.10 Å². The summed E-state index contributed by atoms with van der Waals surface area (Å²) < 4.78 is 16.8. The van der Waals surface area contributed by atoms with Crippen LogP contribution in [0.15, 0.2) is 0 Å². The topological polar surface area (TPSA) is 140 Å². The number of halogens is 3. The predicted molar refractivity (Wildman–Crippen MR) is 299 cm³/mol. The maximum absolute atomic E-state index is 12.9. The Morgan fingerprint density at radius 3 is 0.913 bits per heavy atom. The number of unbranched alkanes of at least 4 members (excludes halogenated alkanes) is 21. The Labute approximate surface area is 449 Å². The van der Waals surface area contributed by atoms with Crippen LogP contribution in [0.3, 0.4) is 0 Å². The number of carbonyl (C=O) groups excluding carboxylic acids is 3. The van der Waals surface area contributed by atoms with Crippen molar-refractivity contribution in [2.24, 2.45) is 0 Å². The number of ether oxygens (including phenoxy) is 3. The summed E-state index contributed by atoms with van der Waals surface area (Å²) >= 11 is 11.4. The lowest BCUT2D eigenvalue weighted by molar-refractivity contribution is -0.167. The van der Waals surface area contributed by atoms with Crippen LogP contribution < -0.4 is 0 Å². The van der Waals surface area contributed by atoms with Gasteiger partial charge in [-0.15, -0.1) is 0 Å². The van der Waals surface area contributed by atoms with E-state index in [0.717, 1.165) is 186 Å². The molecule has 0 radical (unpaired) electrons.